The number of nitrogens with zero attached hydrogens (tertiary/aromatic N) is 4. The van der Waals surface area contributed by atoms with Crippen molar-refractivity contribution in [1.82, 2.24) is 20.5 Å². The van der Waals surface area contributed by atoms with E-state index in [4.69, 9.17) is 16.3 Å². The Morgan fingerprint density at radius 3 is 2.45 bits per heavy atom. The molecule has 1 aliphatic carbocycles. The zero-order chi connectivity index (χ0) is 34.9. The van der Waals surface area contributed by atoms with E-state index in [9.17, 15) is 19.6 Å². The molecule has 3 fully saturated rings. The maximum atomic E-state index is 13.4. The lowest BCUT2D eigenvalue weighted by molar-refractivity contribution is -0.164. The summed E-state index contributed by atoms with van der Waals surface area (Å²) in [5, 5.41) is 18.5. The van der Waals surface area contributed by atoms with Crippen LogP contribution < -0.4 is 25.6 Å². The Labute approximate surface area is 292 Å². The van der Waals surface area contributed by atoms with Gasteiger partial charge in [-0.25, -0.2) is 4.98 Å². The van der Waals surface area contributed by atoms with Crippen LogP contribution in [-0.4, -0.2) is 72.0 Å². The number of nitriles is 1. The molecule has 1 unspecified atom stereocenters. The number of ether oxygens (including phenoxy) is 1. The van der Waals surface area contributed by atoms with Gasteiger partial charge in [0.25, 0.3) is 5.91 Å². The fourth-order valence-corrected chi connectivity index (χ4v) is 7.92. The molecule has 3 aliphatic rings. The lowest BCUT2D eigenvalue weighted by atomic mass is 9.49. The number of hydrogen-bond acceptors (Lipinski definition) is 9. The van der Waals surface area contributed by atoms with Crippen LogP contribution in [-0.2, 0) is 16.1 Å². The van der Waals surface area contributed by atoms with Crippen LogP contribution in [0, 0.1) is 22.2 Å². The summed E-state index contributed by atoms with van der Waals surface area (Å²) in [5.41, 5.74) is 2.17. The van der Waals surface area contributed by atoms with E-state index in [-0.39, 0.29) is 40.7 Å². The predicted octanol–water partition coefficient (Wildman–Crippen LogP) is 4.76. The molecule has 1 saturated carbocycles. The predicted molar refractivity (Wildman–Crippen MR) is 187 cm³/mol. The number of hydrogen-bond donors (Lipinski definition) is 3. The molecule has 3 amide bonds. The van der Waals surface area contributed by atoms with Gasteiger partial charge < -0.3 is 20.3 Å². The molecule has 0 radical (unpaired) electrons. The molecule has 0 bridgehead atoms. The molecule has 256 valence electrons. The molecule has 1 aromatic heterocycles. The van der Waals surface area contributed by atoms with Crippen LogP contribution in [0.3, 0.4) is 0 Å². The van der Waals surface area contributed by atoms with Crippen molar-refractivity contribution in [3.05, 3.63) is 82.5 Å². The van der Waals surface area contributed by atoms with Crippen LogP contribution in [0.15, 0.2) is 60.8 Å². The van der Waals surface area contributed by atoms with Crippen LogP contribution >= 0.6 is 11.6 Å². The summed E-state index contributed by atoms with van der Waals surface area (Å²) in [6, 6.07) is 18.3. The number of halogens is 1. The number of pyridine rings is 1. The molecule has 2 saturated heterocycles. The molecule has 12 heteroatoms. The normalized spacial score (nSPS) is 23.1. The number of piperazine rings is 1. The molecule has 11 nitrogen and oxygen atoms in total. The van der Waals surface area contributed by atoms with Gasteiger partial charge in [-0.05, 0) is 42.3 Å². The van der Waals surface area contributed by atoms with Crippen molar-refractivity contribution in [1.29, 1.82) is 5.26 Å². The number of carbonyl (C=O) groups is 3. The highest BCUT2D eigenvalue weighted by Crippen LogP contribution is 2.55. The highest BCUT2D eigenvalue weighted by Gasteiger charge is 2.64. The third kappa shape index (κ3) is 7.07. The van der Waals surface area contributed by atoms with Crippen molar-refractivity contribution in [2.75, 3.05) is 36.4 Å². The van der Waals surface area contributed by atoms with E-state index in [1.54, 1.807) is 24.4 Å². The van der Waals surface area contributed by atoms with E-state index in [0.29, 0.717) is 34.7 Å². The molecule has 3 N–H and O–H groups in total. The third-order valence-electron chi connectivity index (χ3n) is 10.1. The van der Waals surface area contributed by atoms with E-state index in [0.717, 1.165) is 49.8 Å². The fraction of sp³-hybridized carbons (Fsp3) is 0.432. The first kappa shape index (κ1) is 34.2. The number of imide groups is 1. The topological polar surface area (TPSA) is 140 Å². The van der Waals surface area contributed by atoms with Gasteiger partial charge in [0.2, 0.25) is 11.8 Å². The van der Waals surface area contributed by atoms with E-state index in [2.05, 4.69) is 70.6 Å². The summed E-state index contributed by atoms with van der Waals surface area (Å²) in [6.07, 6.45) is 2.26. The third-order valence-corrected chi connectivity index (χ3v) is 10.4. The summed E-state index contributed by atoms with van der Waals surface area (Å²) in [5.74, 6) is 0.732. The Morgan fingerprint density at radius 2 is 1.80 bits per heavy atom. The average molecular weight is 684 g/mol. The number of amides is 3. The minimum atomic E-state index is -0.426. The summed E-state index contributed by atoms with van der Waals surface area (Å²) < 4.78 is 6.35. The summed E-state index contributed by atoms with van der Waals surface area (Å²) in [7, 11) is 0. The van der Waals surface area contributed by atoms with Gasteiger partial charge in [0.15, 0.2) is 0 Å². The van der Waals surface area contributed by atoms with Crippen molar-refractivity contribution >= 4 is 40.8 Å². The Kier molecular flexibility index (Phi) is 9.56. The molecular formula is C37H42ClN7O4. The number of piperidine rings is 1. The van der Waals surface area contributed by atoms with Gasteiger partial charge in [-0.2, -0.15) is 5.26 Å². The van der Waals surface area contributed by atoms with E-state index in [1.807, 2.05) is 30.3 Å². The number of aromatic nitrogens is 1. The molecule has 49 heavy (non-hydrogen) atoms. The van der Waals surface area contributed by atoms with E-state index >= 15 is 0 Å². The van der Waals surface area contributed by atoms with Crippen molar-refractivity contribution < 1.29 is 19.1 Å². The standard InChI is InChI=1S/C37H42ClN7O4/c1-36(2)34(37(3,4)35(36)49-26-11-9-23(20-39)27(38)19-26)43-32(47)24-10-13-30(40-21-24)45-17-15-44(16-18-45)22-25-7-5-6-8-28(25)41-29-12-14-31(46)42-33(29)48/h5-11,13,19,21,29,34-35,41H,12,14-18,22H2,1-4H3,(H,43,47)(H,42,46,48). The molecule has 3 heterocycles. The smallest absolute Gasteiger partial charge is 0.253 e. The largest absolute Gasteiger partial charge is 0.489 e. The summed E-state index contributed by atoms with van der Waals surface area (Å²) in [6.45, 7) is 12.3. The molecule has 1 atom stereocenters. The SMILES string of the molecule is CC1(C)C(NC(=O)c2ccc(N3CCN(Cc4ccccc4NC4CCC(=O)NC4=O)CC3)nc2)C(C)(C)C1Oc1ccc(C#N)c(Cl)c1. The van der Waals surface area contributed by atoms with Gasteiger partial charge in [0.05, 0.1) is 16.1 Å². The maximum Gasteiger partial charge on any atom is 0.253 e. The number of para-hydroxylation sites is 1. The Hall–Kier alpha value is -4.66. The van der Waals surface area contributed by atoms with Gasteiger partial charge in [-0.3, -0.25) is 24.6 Å². The van der Waals surface area contributed by atoms with Crippen LogP contribution in [0.25, 0.3) is 0 Å². The highest BCUT2D eigenvalue weighted by atomic mass is 35.5. The Balaban J connectivity index is 1.01. The lowest BCUT2D eigenvalue weighted by Crippen LogP contribution is -2.74. The van der Waals surface area contributed by atoms with Gasteiger partial charge in [-0.1, -0.05) is 57.5 Å². The van der Waals surface area contributed by atoms with Gasteiger partial charge in [0, 0.05) is 74.0 Å². The van der Waals surface area contributed by atoms with Gasteiger partial charge in [0.1, 0.15) is 29.8 Å². The number of carbonyl (C=O) groups excluding carboxylic acids is 3. The second-order valence-corrected chi connectivity index (χ2v) is 14.7. The zero-order valence-corrected chi connectivity index (χ0v) is 29.0. The summed E-state index contributed by atoms with van der Waals surface area (Å²) in [4.78, 5) is 46.5. The Bertz CT molecular complexity index is 1760. The molecule has 2 aromatic carbocycles. The second kappa shape index (κ2) is 13.7. The van der Waals surface area contributed by atoms with Crippen molar-refractivity contribution in [3.8, 4) is 11.8 Å². The van der Waals surface area contributed by atoms with Crippen LogP contribution in [0.5, 0.6) is 5.75 Å². The number of benzene rings is 2. The van der Waals surface area contributed by atoms with Crippen molar-refractivity contribution in [3.63, 3.8) is 0 Å². The van der Waals surface area contributed by atoms with Crippen LogP contribution in [0.4, 0.5) is 11.5 Å². The molecule has 6 rings (SSSR count). The van der Waals surface area contributed by atoms with Gasteiger partial charge in [-0.15, -0.1) is 0 Å². The van der Waals surface area contributed by atoms with E-state index in [1.165, 1.54) is 0 Å². The van der Waals surface area contributed by atoms with Crippen molar-refractivity contribution in [2.24, 2.45) is 10.8 Å². The fourth-order valence-electron chi connectivity index (χ4n) is 7.71. The quantitative estimate of drug-likeness (QED) is 0.273. The van der Waals surface area contributed by atoms with Crippen molar-refractivity contribution in [2.45, 2.75) is 65.3 Å². The second-order valence-electron chi connectivity index (χ2n) is 14.3. The minimum absolute atomic E-state index is 0.150. The zero-order valence-electron chi connectivity index (χ0n) is 28.3. The first-order valence-corrected chi connectivity index (χ1v) is 17.0. The summed E-state index contributed by atoms with van der Waals surface area (Å²) >= 11 is 6.23. The molecule has 3 aromatic rings. The van der Waals surface area contributed by atoms with E-state index < -0.39 is 6.04 Å². The van der Waals surface area contributed by atoms with Gasteiger partial charge >= 0.3 is 0 Å². The monoisotopic (exact) mass is 683 g/mol. The molecule has 2 aliphatic heterocycles. The highest BCUT2D eigenvalue weighted by molar-refractivity contribution is 6.31. The first-order chi connectivity index (χ1) is 23.4. The van der Waals surface area contributed by atoms with Crippen LogP contribution in [0.2, 0.25) is 5.02 Å². The average Bonchev–Trinajstić information content (AvgIpc) is 3.08. The first-order valence-electron chi connectivity index (χ1n) is 16.7. The number of nitrogens with one attached hydrogen (secondary N) is 3. The number of rotatable bonds is 9. The molecular weight excluding hydrogens is 642 g/mol. The maximum absolute atomic E-state index is 13.4. The van der Waals surface area contributed by atoms with Crippen LogP contribution in [0.1, 0.15) is 62.0 Å². The minimum Gasteiger partial charge on any atom is -0.489 e. The number of anilines is 2. The lowest BCUT2D eigenvalue weighted by Gasteiger charge is -2.63. The molecule has 0 spiro atoms. The Morgan fingerprint density at radius 1 is 1.06 bits per heavy atom.